The molecule has 0 unspecified atom stereocenters. The average molecular weight is 449 g/mol. The largest absolute Gasteiger partial charge is 0.365 e. The molecule has 1 amide bonds. The molecule has 0 spiro atoms. The highest BCUT2D eigenvalue weighted by molar-refractivity contribution is 5.96. The molecule has 0 aliphatic carbocycles. The van der Waals surface area contributed by atoms with E-state index < -0.39 is 5.67 Å². The lowest BCUT2D eigenvalue weighted by atomic mass is 9.92. The molecule has 0 bridgehead atoms. The number of hydrogen-bond acceptors (Lipinski definition) is 4. The molecule has 1 aliphatic rings. The van der Waals surface area contributed by atoms with Crippen molar-refractivity contribution in [2.45, 2.75) is 52.8 Å². The number of carbonyl (C=O) groups excluding carboxylic acids is 1. The van der Waals surface area contributed by atoms with Gasteiger partial charge in [0.25, 0.3) is 5.91 Å². The molecule has 2 heterocycles. The maximum atomic E-state index is 14.7. The number of amides is 1. The van der Waals surface area contributed by atoms with Crippen LogP contribution in [0.1, 0.15) is 55.6 Å². The van der Waals surface area contributed by atoms with E-state index in [4.69, 9.17) is 0 Å². The summed E-state index contributed by atoms with van der Waals surface area (Å²) in [6, 6.07) is 17.1. The number of aryl methyl sites for hydroxylation is 1. The van der Waals surface area contributed by atoms with Crippen LogP contribution in [0, 0.1) is 6.92 Å². The molecule has 1 saturated heterocycles. The standard InChI is InChI=1S/C25H27FN4O.C2H6/c1-17-9-10-21(25(2,3)26)20(15-17)24(31)30-14-12-19(16-30)28-22-11-13-27-23(29-22)18-7-5-4-6-8-18;1-2/h4-11,13,15,19H,12,14,16H2,1-3H3,(H,27,28,29);1-2H3/t19-;/m1./s1. The normalized spacial score (nSPS) is 15.6. The monoisotopic (exact) mass is 448 g/mol. The number of nitrogens with zero attached hydrogens (tertiary/aromatic N) is 3. The number of likely N-dealkylation sites (tertiary alicyclic amines) is 1. The van der Waals surface area contributed by atoms with Crippen molar-refractivity contribution in [2.24, 2.45) is 0 Å². The van der Waals surface area contributed by atoms with E-state index in [2.05, 4.69) is 15.3 Å². The molecule has 0 radical (unpaired) electrons. The van der Waals surface area contributed by atoms with E-state index in [1.807, 2.05) is 63.2 Å². The van der Waals surface area contributed by atoms with Crippen molar-refractivity contribution in [2.75, 3.05) is 18.4 Å². The third-order valence-corrected chi connectivity index (χ3v) is 5.56. The summed E-state index contributed by atoms with van der Waals surface area (Å²) in [6.45, 7) is 10.1. The highest BCUT2D eigenvalue weighted by atomic mass is 19.1. The lowest BCUT2D eigenvalue weighted by Gasteiger charge is -2.23. The summed E-state index contributed by atoms with van der Waals surface area (Å²) in [5.74, 6) is 1.27. The summed E-state index contributed by atoms with van der Waals surface area (Å²) in [5, 5.41) is 3.42. The van der Waals surface area contributed by atoms with Crippen LogP contribution in [0.15, 0.2) is 60.8 Å². The van der Waals surface area contributed by atoms with Gasteiger partial charge in [0.15, 0.2) is 5.82 Å². The van der Waals surface area contributed by atoms with E-state index in [1.54, 1.807) is 23.2 Å². The molecular weight excluding hydrogens is 415 g/mol. The highest BCUT2D eigenvalue weighted by Crippen LogP contribution is 2.30. The van der Waals surface area contributed by atoms with Crippen LogP contribution in [0.2, 0.25) is 0 Å². The number of hydrogen-bond donors (Lipinski definition) is 1. The minimum absolute atomic E-state index is 0.0779. The van der Waals surface area contributed by atoms with Crippen molar-refractivity contribution < 1.29 is 9.18 Å². The summed E-state index contributed by atoms with van der Waals surface area (Å²) in [5.41, 5.74) is 1.20. The number of benzene rings is 2. The van der Waals surface area contributed by atoms with Crippen molar-refractivity contribution in [3.63, 3.8) is 0 Å². The predicted molar refractivity (Wildman–Crippen MR) is 132 cm³/mol. The second kappa shape index (κ2) is 10.6. The zero-order valence-electron chi connectivity index (χ0n) is 20.1. The molecule has 4 rings (SSSR count). The van der Waals surface area contributed by atoms with Gasteiger partial charge in [0, 0.05) is 42.0 Å². The Kier molecular flexibility index (Phi) is 7.79. The molecular formula is C27H33FN4O. The van der Waals surface area contributed by atoms with Gasteiger partial charge in [0.2, 0.25) is 0 Å². The summed E-state index contributed by atoms with van der Waals surface area (Å²) >= 11 is 0. The van der Waals surface area contributed by atoms with E-state index in [9.17, 15) is 9.18 Å². The first-order valence-electron chi connectivity index (χ1n) is 11.6. The van der Waals surface area contributed by atoms with Crippen LogP contribution in [-0.2, 0) is 5.67 Å². The van der Waals surface area contributed by atoms with Gasteiger partial charge in [-0.25, -0.2) is 14.4 Å². The van der Waals surface area contributed by atoms with Gasteiger partial charge in [-0.3, -0.25) is 4.79 Å². The van der Waals surface area contributed by atoms with Crippen LogP contribution in [0.5, 0.6) is 0 Å². The molecule has 6 heteroatoms. The SMILES string of the molecule is CC.Cc1ccc(C(C)(C)F)c(C(=O)N2CC[C@@H](Nc3ccnc(-c4ccccc4)n3)C2)c1. The number of halogens is 1. The van der Waals surface area contributed by atoms with Gasteiger partial charge < -0.3 is 10.2 Å². The highest BCUT2D eigenvalue weighted by Gasteiger charge is 2.31. The minimum Gasteiger partial charge on any atom is -0.365 e. The number of nitrogens with one attached hydrogen (secondary N) is 1. The lowest BCUT2D eigenvalue weighted by Crippen LogP contribution is -2.33. The van der Waals surface area contributed by atoms with Gasteiger partial charge in [-0.05, 0) is 39.3 Å². The molecule has 1 atom stereocenters. The molecule has 3 aromatic rings. The molecule has 1 N–H and O–H groups in total. The third-order valence-electron chi connectivity index (χ3n) is 5.56. The first-order valence-corrected chi connectivity index (χ1v) is 11.6. The van der Waals surface area contributed by atoms with Crippen molar-refractivity contribution in [3.8, 4) is 11.4 Å². The van der Waals surface area contributed by atoms with Crippen LogP contribution < -0.4 is 5.32 Å². The number of carbonyl (C=O) groups is 1. The number of aromatic nitrogens is 2. The van der Waals surface area contributed by atoms with Gasteiger partial charge in [-0.1, -0.05) is 61.9 Å². The van der Waals surface area contributed by atoms with Crippen LogP contribution in [-0.4, -0.2) is 39.9 Å². The third kappa shape index (κ3) is 5.95. The molecule has 33 heavy (non-hydrogen) atoms. The molecule has 1 aromatic heterocycles. The molecule has 5 nitrogen and oxygen atoms in total. The summed E-state index contributed by atoms with van der Waals surface area (Å²) in [4.78, 5) is 24.0. The average Bonchev–Trinajstić information content (AvgIpc) is 3.28. The summed E-state index contributed by atoms with van der Waals surface area (Å²) < 4.78 is 14.7. The Hall–Kier alpha value is -3.28. The van der Waals surface area contributed by atoms with Crippen LogP contribution in [0.3, 0.4) is 0 Å². The first-order chi connectivity index (χ1) is 15.8. The number of alkyl halides is 1. The Bertz CT molecular complexity index is 1080. The van der Waals surface area contributed by atoms with Gasteiger partial charge in [-0.15, -0.1) is 0 Å². The van der Waals surface area contributed by atoms with E-state index in [0.717, 1.165) is 23.4 Å². The smallest absolute Gasteiger partial charge is 0.254 e. The predicted octanol–water partition coefficient (Wildman–Crippen LogP) is 6.01. The molecule has 174 valence electrons. The van der Waals surface area contributed by atoms with Crippen LogP contribution in [0.25, 0.3) is 11.4 Å². The first kappa shape index (κ1) is 24.4. The quantitative estimate of drug-likeness (QED) is 0.519. The second-order valence-electron chi connectivity index (χ2n) is 8.53. The van der Waals surface area contributed by atoms with E-state index in [0.29, 0.717) is 30.0 Å². The van der Waals surface area contributed by atoms with Crippen molar-refractivity contribution >= 4 is 11.7 Å². The van der Waals surface area contributed by atoms with Crippen molar-refractivity contribution in [1.82, 2.24) is 14.9 Å². The maximum absolute atomic E-state index is 14.7. The van der Waals surface area contributed by atoms with E-state index >= 15 is 0 Å². The Morgan fingerprint density at radius 2 is 1.85 bits per heavy atom. The molecule has 1 fully saturated rings. The van der Waals surface area contributed by atoms with Crippen molar-refractivity contribution in [1.29, 1.82) is 0 Å². The topological polar surface area (TPSA) is 58.1 Å². The Morgan fingerprint density at radius 3 is 2.55 bits per heavy atom. The summed E-state index contributed by atoms with van der Waals surface area (Å²) in [7, 11) is 0. The Labute approximate surface area is 196 Å². The van der Waals surface area contributed by atoms with Crippen LogP contribution in [0.4, 0.5) is 10.2 Å². The number of anilines is 1. The Morgan fingerprint density at radius 1 is 1.12 bits per heavy atom. The molecule has 0 saturated carbocycles. The van der Waals surface area contributed by atoms with E-state index in [-0.39, 0.29) is 11.9 Å². The Balaban J connectivity index is 0.00000149. The number of rotatable bonds is 5. The van der Waals surface area contributed by atoms with E-state index in [1.165, 1.54) is 13.8 Å². The fourth-order valence-electron chi connectivity index (χ4n) is 3.96. The molecule has 1 aliphatic heterocycles. The minimum atomic E-state index is -1.58. The van der Waals surface area contributed by atoms with Crippen LogP contribution >= 0.6 is 0 Å². The molecule has 2 aromatic carbocycles. The van der Waals surface area contributed by atoms with Gasteiger partial charge in [0.05, 0.1) is 0 Å². The van der Waals surface area contributed by atoms with Gasteiger partial charge in [-0.2, -0.15) is 0 Å². The summed E-state index contributed by atoms with van der Waals surface area (Å²) in [6.07, 6.45) is 2.54. The maximum Gasteiger partial charge on any atom is 0.254 e. The zero-order valence-corrected chi connectivity index (χ0v) is 20.1. The van der Waals surface area contributed by atoms with Gasteiger partial charge >= 0.3 is 0 Å². The lowest BCUT2D eigenvalue weighted by molar-refractivity contribution is 0.0784. The zero-order chi connectivity index (χ0) is 24.0. The fourth-order valence-corrected chi connectivity index (χ4v) is 3.96. The van der Waals surface area contributed by atoms with Crippen molar-refractivity contribution in [3.05, 3.63) is 77.5 Å². The second-order valence-corrected chi connectivity index (χ2v) is 8.53. The fraction of sp³-hybridized carbons (Fsp3) is 0.370. The van der Waals surface area contributed by atoms with Gasteiger partial charge in [0.1, 0.15) is 11.5 Å².